The first-order valence-corrected chi connectivity index (χ1v) is 7.51. The zero-order chi connectivity index (χ0) is 16.1. The Kier molecular flexibility index (Phi) is 5.45. The number of hydrogen-bond acceptors (Lipinski definition) is 8. The Hall–Kier alpha value is -2.00. The molecule has 1 aromatic rings. The second kappa shape index (κ2) is 7.32. The maximum atomic E-state index is 11.5. The fourth-order valence-electron chi connectivity index (χ4n) is 2.44. The molecule has 9 heteroatoms. The van der Waals surface area contributed by atoms with Crippen LogP contribution in [0.2, 0.25) is 0 Å². The molecule has 0 bridgehead atoms. The monoisotopic (exact) mass is 309 g/mol. The van der Waals surface area contributed by atoms with Crippen LogP contribution in [0.15, 0.2) is 6.33 Å². The lowest BCUT2D eigenvalue weighted by Gasteiger charge is -2.32. The van der Waals surface area contributed by atoms with Crippen LogP contribution in [0.3, 0.4) is 0 Å². The van der Waals surface area contributed by atoms with Crippen LogP contribution >= 0.6 is 0 Å². The molecular weight excluding hydrogens is 286 g/mol. The van der Waals surface area contributed by atoms with E-state index in [1.807, 2.05) is 23.8 Å². The van der Waals surface area contributed by atoms with Gasteiger partial charge in [0.1, 0.15) is 6.33 Å². The average molecular weight is 309 g/mol. The van der Waals surface area contributed by atoms with Gasteiger partial charge in [-0.15, -0.1) is 0 Å². The molecule has 0 radical (unpaired) electrons. The predicted molar refractivity (Wildman–Crippen MR) is 84.9 cm³/mol. The molecule has 1 fully saturated rings. The fourth-order valence-corrected chi connectivity index (χ4v) is 2.44. The molecule has 1 aliphatic rings. The maximum absolute atomic E-state index is 11.5. The number of aromatic nitrogens is 2. The quantitative estimate of drug-likeness (QED) is 0.610. The SMILES string of the molecule is CCN(CC)c1ncnc(NN2CCN(C)CC2)c1[N+](=O)[O-]. The third-order valence-corrected chi connectivity index (χ3v) is 3.82. The number of hydrazine groups is 1. The van der Waals surface area contributed by atoms with Crippen molar-refractivity contribution in [2.45, 2.75) is 13.8 Å². The highest BCUT2D eigenvalue weighted by Gasteiger charge is 2.27. The van der Waals surface area contributed by atoms with Crippen molar-refractivity contribution < 1.29 is 4.92 Å². The molecule has 122 valence electrons. The Labute approximate surface area is 130 Å². The molecule has 0 saturated carbocycles. The number of nitro groups is 1. The highest BCUT2D eigenvalue weighted by Crippen LogP contribution is 2.31. The first-order valence-electron chi connectivity index (χ1n) is 7.51. The second-order valence-corrected chi connectivity index (χ2v) is 5.23. The minimum absolute atomic E-state index is 0.0647. The van der Waals surface area contributed by atoms with E-state index in [9.17, 15) is 10.1 Å². The first kappa shape index (κ1) is 16.4. The van der Waals surface area contributed by atoms with Crippen molar-refractivity contribution in [3.63, 3.8) is 0 Å². The van der Waals surface area contributed by atoms with Crippen LogP contribution in [0, 0.1) is 10.1 Å². The average Bonchev–Trinajstić information content (AvgIpc) is 2.51. The number of nitrogens with zero attached hydrogens (tertiary/aromatic N) is 6. The third-order valence-electron chi connectivity index (χ3n) is 3.82. The van der Waals surface area contributed by atoms with Gasteiger partial charge in [0.25, 0.3) is 0 Å². The van der Waals surface area contributed by atoms with E-state index < -0.39 is 4.92 Å². The van der Waals surface area contributed by atoms with Crippen LogP contribution in [0.4, 0.5) is 17.3 Å². The predicted octanol–water partition coefficient (Wildman–Crippen LogP) is 0.805. The highest BCUT2D eigenvalue weighted by molar-refractivity contribution is 5.69. The zero-order valence-electron chi connectivity index (χ0n) is 13.3. The second-order valence-electron chi connectivity index (χ2n) is 5.23. The van der Waals surface area contributed by atoms with Crippen LogP contribution in [-0.2, 0) is 0 Å². The summed E-state index contributed by atoms with van der Waals surface area (Å²) in [5, 5.41) is 13.5. The molecule has 1 N–H and O–H groups in total. The summed E-state index contributed by atoms with van der Waals surface area (Å²) in [6.45, 7) is 8.61. The van der Waals surface area contributed by atoms with Crippen molar-refractivity contribution in [1.29, 1.82) is 0 Å². The van der Waals surface area contributed by atoms with E-state index in [0.29, 0.717) is 18.9 Å². The molecule has 0 amide bonds. The number of piperazine rings is 1. The van der Waals surface area contributed by atoms with Gasteiger partial charge in [-0.3, -0.25) is 15.5 Å². The molecule has 2 heterocycles. The molecule has 1 aliphatic heterocycles. The van der Waals surface area contributed by atoms with Gasteiger partial charge >= 0.3 is 5.69 Å². The van der Waals surface area contributed by atoms with Gasteiger partial charge in [0, 0.05) is 39.3 Å². The molecule has 2 rings (SSSR count). The van der Waals surface area contributed by atoms with Crippen molar-refractivity contribution in [2.24, 2.45) is 0 Å². The Morgan fingerprint density at radius 1 is 1.27 bits per heavy atom. The first-order chi connectivity index (χ1) is 10.6. The van der Waals surface area contributed by atoms with Crippen molar-refractivity contribution in [3.8, 4) is 0 Å². The lowest BCUT2D eigenvalue weighted by molar-refractivity contribution is -0.383. The summed E-state index contributed by atoms with van der Waals surface area (Å²) in [4.78, 5) is 23.4. The van der Waals surface area contributed by atoms with Crippen molar-refractivity contribution >= 4 is 17.3 Å². The number of hydrogen-bond donors (Lipinski definition) is 1. The summed E-state index contributed by atoms with van der Waals surface area (Å²) in [6, 6.07) is 0. The lowest BCUT2D eigenvalue weighted by atomic mass is 10.3. The molecule has 1 saturated heterocycles. The van der Waals surface area contributed by atoms with Gasteiger partial charge in [-0.2, -0.15) is 0 Å². The van der Waals surface area contributed by atoms with E-state index in [4.69, 9.17) is 0 Å². The van der Waals surface area contributed by atoms with E-state index >= 15 is 0 Å². The summed E-state index contributed by atoms with van der Waals surface area (Å²) in [5.74, 6) is 0.619. The standard InChI is InChI=1S/C13H23N7O2/c1-4-18(5-2)13-11(20(21)22)12(14-10-15-13)16-19-8-6-17(3)7-9-19/h10H,4-9H2,1-3H3,(H,14,15,16). The lowest BCUT2D eigenvalue weighted by Crippen LogP contribution is -2.47. The van der Waals surface area contributed by atoms with Crippen molar-refractivity contribution in [3.05, 3.63) is 16.4 Å². The van der Waals surface area contributed by atoms with E-state index in [-0.39, 0.29) is 11.5 Å². The van der Waals surface area contributed by atoms with Crippen LogP contribution in [0.5, 0.6) is 0 Å². The van der Waals surface area contributed by atoms with Crippen LogP contribution in [0.25, 0.3) is 0 Å². The van der Waals surface area contributed by atoms with Gasteiger partial charge in [-0.1, -0.05) is 0 Å². The molecular formula is C13H23N7O2. The Bertz CT molecular complexity index is 513. The highest BCUT2D eigenvalue weighted by atomic mass is 16.6. The van der Waals surface area contributed by atoms with Crippen molar-refractivity contribution in [2.75, 3.05) is 56.6 Å². The normalized spacial score (nSPS) is 16.5. The van der Waals surface area contributed by atoms with Gasteiger partial charge in [0.05, 0.1) is 4.92 Å². The summed E-state index contributed by atoms with van der Waals surface area (Å²) in [7, 11) is 2.06. The smallest absolute Gasteiger partial charge is 0.351 e. The maximum Gasteiger partial charge on any atom is 0.354 e. The summed E-state index contributed by atoms with van der Waals surface area (Å²) in [5.41, 5.74) is 3.02. The fraction of sp³-hybridized carbons (Fsp3) is 0.692. The summed E-state index contributed by atoms with van der Waals surface area (Å²) < 4.78 is 0. The van der Waals surface area contributed by atoms with Gasteiger partial charge in [0.2, 0.25) is 11.6 Å². The molecule has 9 nitrogen and oxygen atoms in total. The zero-order valence-corrected chi connectivity index (χ0v) is 13.3. The van der Waals surface area contributed by atoms with E-state index in [0.717, 1.165) is 26.2 Å². The largest absolute Gasteiger partial charge is 0.354 e. The minimum Gasteiger partial charge on any atom is -0.351 e. The molecule has 0 aliphatic carbocycles. The number of anilines is 2. The van der Waals surface area contributed by atoms with Gasteiger partial charge < -0.3 is 9.80 Å². The molecule has 1 aromatic heterocycles. The van der Waals surface area contributed by atoms with E-state index in [2.05, 4.69) is 27.3 Å². The Morgan fingerprint density at radius 3 is 2.45 bits per heavy atom. The molecule has 22 heavy (non-hydrogen) atoms. The summed E-state index contributed by atoms with van der Waals surface area (Å²) >= 11 is 0. The van der Waals surface area contributed by atoms with Gasteiger partial charge in [0.15, 0.2) is 0 Å². The number of likely N-dealkylation sites (N-methyl/N-ethyl adjacent to an activating group) is 1. The topological polar surface area (TPSA) is 90.7 Å². The van der Waals surface area contributed by atoms with Gasteiger partial charge in [-0.25, -0.2) is 15.0 Å². The number of rotatable bonds is 6. The van der Waals surface area contributed by atoms with E-state index in [1.165, 1.54) is 6.33 Å². The number of nitrogens with one attached hydrogen (secondary N) is 1. The molecule has 0 spiro atoms. The molecule has 0 atom stereocenters. The molecule has 0 aromatic carbocycles. The minimum atomic E-state index is -0.411. The molecule has 0 unspecified atom stereocenters. The van der Waals surface area contributed by atoms with E-state index in [1.54, 1.807) is 0 Å². The van der Waals surface area contributed by atoms with Gasteiger partial charge in [-0.05, 0) is 20.9 Å². The summed E-state index contributed by atoms with van der Waals surface area (Å²) in [6.07, 6.45) is 1.37. The Balaban J connectivity index is 2.27. The van der Waals surface area contributed by atoms with Crippen LogP contribution < -0.4 is 10.3 Å². The van der Waals surface area contributed by atoms with Crippen molar-refractivity contribution in [1.82, 2.24) is 19.9 Å². The van der Waals surface area contributed by atoms with Crippen LogP contribution in [0.1, 0.15) is 13.8 Å². The van der Waals surface area contributed by atoms with Crippen LogP contribution in [-0.4, -0.2) is 71.1 Å². The Morgan fingerprint density at radius 2 is 1.91 bits per heavy atom. The third kappa shape index (κ3) is 3.60.